The fourth-order valence-electron chi connectivity index (χ4n) is 2.77. The van der Waals surface area contributed by atoms with Crippen molar-refractivity contribution in [2.24, 2.45) is 0 Å². The van der Waals surface area contributed by atoms with Gasteiger partial charge in [-0.2, -0.15) is 0 Å². The van der Waals surface area contributed by atoms with Crippen molar-refractivity contribution >= 4 is 44.5 Å². The summed E-state index contributed by atoms with van der Waals surface area (Å²) in [5, 5.41) is 1.23. The van der Waals surface area contributed by atoms with Gasteiger partial charge in [-0.1, -0.05) is 36.7 Å². The van der Waals surface area contributed by atoms with Gasteiger partial charge in [-0.3, -0.25) is 4.79 Å². The van der Waals surface area contributed by atoms with E-state index in [4.69, 9.17) is 0 Å². The number of hydrogen-bond donors (Lipinski definition) is 1. The first-order valence-electron chi connectivity index (χ1n) is 7.54. The highest BCUT2D eigenvalue weighted by Crippen LogP contribution is 2.30. The van der Waals surface area contributed by atoms with Gasteiger partial charge in [0.15, 0.2) is 0 Å². The van der Waals surface area contributed by atoms with Crippen LogP contribution in [0.3, 0.4) is 0 Å². The van der Waals surface area contributed by atoms with Gasteiger partial charge in [0, 0.05) is 50.9 Å². The summed E-state index contributed by atoms with van der Waals surface area (Å²) in [4.78, 5) is 18.0. The van der Waals surface area contributed by atoms with E-state index in [-0.39, 0.29) is 10.7 Å². The fourth-order valence-corrected chi connectivity index (χ4v) is 3.87. The lowest BCUT2D eigenvalue weighted by molar-refractivity contribution is -0.129. The van der Waals surface area contributed by atoms with E-state index in [1.54, 1.807) is 11.8 Å². The lowest BCUT2D eigenvalue weighted by Crippen LogP contribution is -2.37. The number of fused-ring (bicyclic) bond motifs is 3. The number of amides is 1. The molecule has 0 radical (unpaired) electrons. The van der Waals surface area contributed by atoms with E-state index in [9.17, 15) is 4.79 Å². The second-order valence-electron chi connectivity index (χ2n) is 6.74. The van der Waals surface area contributed by atoms with Crippen molar-refractivity contribution in [3.05, 3.63) is 33.9 Å². The lowest BCUT2D eigenvalue weighted by Gasteiger charge is -2.28. The first kappa shape index (κ1) is 15.9. The Morgan fingerprint density at radius 1 is 1.41 bits per heavy atom. The molecule has 3 nitrogen and oxygen atoms in total. The summed E-state index contributed by atoms with van der Waals surface area (Å²) >= 11 is 5.26. The molecule has 118 valence electrons. The summed E-state index contributed by atoms with van der Waals surface area (Å²) in [6.45, 7) is 7.98. The zero-order chi connectivity index (χ0) is 15.9. The number of carbonyl (C=O) groups is 1. The van der Waals surface area contributed by atoms with Crippen molar-refractivity contribution in [3.8, 4) is 0 Å². The molecule has 1 amide bonds. The lowest BCUT2D eigenvalue weighted by atomic mass is 10.0. The molecule has 1 N–H and O–H groups in total. The molecule has 0 unspecified atom stereocenters. The van der Waals surface area contributed by atoms with Gasteiger partial charge in [0.1, 0.15) is 0 Å². The molecule has 0 bridgehead atoms. The molecule has 0 atom stereocenters. The Labute approximate surface area is 144 Å². The van der Waals surface area contributed by atoms with Gasteiger partial charge in [-0.15, -0.1) is 11.8 Å². The van der Waals surface area contributed by atoms with Gasteiger partial charge in [0.25, 0.3) is 0 Å². The molecule has 1 aromatic heterocycles. The van der Waals surface area contributed by atoms with E-state index < -0.39 is 0 Å². The van der Waals surface area contributed by atoms with Gasteiger partial charge >= 0.3 is 0 Å². The maximum atomic E-state index is 12.5. The molecule has 1 aliphatic rings. The zero-order valence-corrected chi connectivity index (χ0v) is 15.6. The Morgan fingerprint density at radius 2 is 2.18 bits per heavy atom. The number of nitrogens with one attached hydrogen (secondary N) is 1. The maximum Gasteiger partial charge on any atom is 0.232 e. The summed E-state index contributed by atoms with van der Waals surface area (Å²) in [5.41, 5.74) is 3.71. The predicted octanol–water partition coefficient (Wildman–Crippen LogP) is 4.35. The third kappa shape index (κ3) is 3.35. The first-order valence-corrected chi connectivity index (χ1v) is 9.32. The number of nitrogens with zero attached hydrogens (tertiary/aromatic N) is 1. The van der Waals surface area contributed by atoms with Crippen LogP contribution in [0.2, 0.25) is 0 Å². The number of aromatic amines is 1. The molecule has 2 aromatic rings. The SMILES string of the molecule is CC(C)(C)SCC(=O)N1CCc2[nH]c3ccc(Br)cc3c2C1. The predicted molar refractivity (Wildman–Crippen MR) is 97.3 cm³/mol. The van der Waals surface area contributed by atoms with Crippen molar-refractivity contribution in [1.82, 2.24) is 9.88 Å². The standard InChI is InChI=1S/C17H21BrN2OS/c1-17(2,3)22-10-16(21)20-7-6-15-13(9-20)12-8-11(18)4-5-14(12)19-15/h4-5,8,19H,6-7,9-10H2,1-3H3. The van der Waals surface area contributed by atoms with Crippen LogP contribution < -0.4 is 0 Å². The number of rotatable bonds is 2. The van der Waals surface area contributed by atoms with E-state index in [2.05, 4.69) is 53.8 Å². The summed E-state index contributed by atoms with van der Waals surface area (Å²) < 4.78 is 1.20. The Bertz CT molecular complexity index is 717. The Balaban J connectivity index is 1.79. The highest BCUT2D eigenvalue weighted by molar-refractivity contribution is 9.10. The molecule has 0 spiro atoms. The van der Waals surface area contributed by atoms with Gasteiger partial charge in [-0.25, -0.2) is 0 Å². The zero-order valence-electron chi connectivity index (χ0n) is 13.2. The smallest absolute Gasteiger partial charge is 0.232 e. The van der Waals surface area contributed by atoms with Gasteiger partial charge in [-0.05, 0) is 18.2 Å². The minimum Gasteiger partial charge on any atom is -0.358 e. The van der Waals surface area contributed by atoms with Crippen molar-refractivity contribution in [2.75, 3.05) is 12.3 Å². The summed E-state index contributed by atoms with van der Waals surface area (Å²) in [7, 11) is 0. The molecular formula is C17H21BrN2OS. The fraction of sp³-hybridized carbons (Fsp3) is 0.471. The molecule has 0 saturated carbocycles. The molecule has 0 aliphatic carbocycles. The van der Waals surface area contributed by atoms with E-state index >= 15 is 0 Å². The molecule has 3 rings (SSSR count). The average Bonchev–Trinajstić information content (AvgIpc) is 2.81. The molecule has 1 aliphatic heterocycles. The van der Waals surface area contributed by atoms with Crippen LogP contribution in [0, 0.1) is 0 Å². The van der Waals surface area contributed by atoms with Crippen molar-refractivity contribution < 1.29 is 4.79 Å². The number of benzene rings is 1. The monoisotopic (exact) mass is 380 g/mol. The summed E-state index contributed by atoms with van der Waals surface area (Å²) in [6.07, 6.45) is 0.910. The van der Waals surface area contributed by atoms with Crippen LogP contribution in [0.15, 0.2) is 22.7 Å². The van der Waals surface area contributed by atoms with Crippen molar-refractivity contribution in [1.29, 1.82) is 0 Å². The maximum absolute atomic E-state index is 12.5. The summed E-state index contributed by atoms with van der Waals surface area (Å²) in [6, 6.07) is 6.29. The highest BCUT2D eigenvalue weighted by atomic mass is 79.9. The molecule has 0 saturated heterocycles. The average molecular weight is 381 g/mol. The van der Waals surface area contributed by atoms with Gasteiger partial charge in [0.2, 0.25) is 5.91 Å². The van der Waals surface area contributed by atoms with Gasteiger partial charge in [0.05, 0.1) is 5.75 Å². The number of aromatic nitrogens is 1. The highest BCUT2D eigenvalue weighted by Gasteiger charge is 2.25. The largest absolute Gasteiger partial charge is 0.358 e. The molecule has 22 heavy (non-hydrogen) atoms. The van der Waals surface area contributed by atoms with Crippen LogP contribution in [0.5, 0.6) is 0 Å². The van der Waals surface area contributed by atoms with E-state index in [1.165, 1.54) is 16.6 Å². The van der Waals surface area contributed by atoms with E-state index in [0.29, 0.717) is 5.75 Å². The molecule has 1 aromatic carbocycles. The number of H-pyrrole nitrogens is 1. The molecular weight excluding hydrogens is 360 g/mol. The number of carbonyl (C=O) groups excluding carboxylic acids is 1. The quantitative estimate of drug-likeness (QED) is 0.840. The van der Waals surface area contributed by atoms with Crippen LogP contribution in [0.4, 0.5) is 0 Å². The Kier molecular flexibility index (Phi) is 4.29. The first-order chi connectivity index (χ1) is 10.3. The van der Waals surface area contributed by atoms with E-state index in [1.807, 2.05) is 11.0 Å². The normalized spacial score (nSPS) is 15.2. The van der Waals surface area contributed by atoms with E-state index in [0.717, 1.165) is 29.5 Å². The van der Waals surface area contributed by atoms with Crippen LogP contribution in [-0.2, 0) is 17.8 Å². The number of halogens is 1. The van der Waals surface area contributed by atoms with Crippen LogP contribution in [-0.4, -0.2) is 32.8 Å². The Hall–Kier alpha value is -0.940. The second-order valence-corrected chi connectivity index (χ2v) is 9.46. The van der Waals surface area contributed by atoms with Crippen LogP contribution in [0.1, 0.15) is 32.0 Å². The van der Waals surface area contributed by atoms with Crippen molar-refractivity contribution in [3.63, 3.8) is 0 Å². The van der Waals surface area contributed by atoms with Crippen LogP contribution >= 0.6 is 27.7 Å². The van der Waals surface area contributed by atoms with Crippen LogP contribution in [0.25, 0.3) is 10.9 Å². The minimum absolute atomic E-state index is 0.127. The Morgan fingerprint density at radius 3 is 2.91 bits per heavy atom. The molecule has 2 heterocycles. The number of hydrogen-bond acceptors (Lipinski definition) is 2. The molecule has 0 fully saturated rings. The van der Waals surface area contributed by atoms with Gasteiger partial charge < -0.3 is 9.88 Å². The third-order valence-electron chi connectivity index (χ3n) is 3.92. The minimum atomic E-state index is 0.127. The van der Waals surface area contributed by atoms with Crippen molar-refractivity contribution in [2.45, 2.75) is 38.5 Å². The molecule has 5 heteroatoms. The topological polar surface area (TPSA) is 36.1 Å². The summed E-state index contributed by atoms with van der Waals surface area (Å²) in [5.74, 6) is 0.806. The second kappa shape index (κ2) is 5.93. The third-order valence-corrected chi connectivity index (χ3v) is 5.67. The number of thioether (sulfide) groups is 1.